The van der Waals surface area contributed by atoms with E-state index in [0.717, 1.165) is 11.0 Å². The molecule has 0 spiro atoms. The standard InChI is InChI=1S/C26H21N3O7/c1-36-19-13-6-5-12-18(19)22-20-21(26(27-22,25(32)33)15-8-3-2-4-9-15)24(31)28(23(20)30)16-10-7-11-17(14-16)29(34)35/h2-14,20-22,27H,1H3,(H,32,33). The van der Waals surface area contributed by atoms with E-state index in [2.05, 4.69) is 5.32 Å². The number of nitro benzene ring substituents is 1. The van der Waals surface area contributed by atoms with Crippen molar-refractivity contribution in [3.8, 4) is 5.75 Å². The number of ether oxygens (including phenoxy) is 1. The summed E-state index contributed by atoms with van der Waals surface area (Å²) in [4.78, 5) is 52.3. The number of aliphatic carboxylic acids is 1. The van der Waals surface area contributed by atoms with E-state index in [1.165, 1.54) is 25.3 Å². The topological polar surface area (TPSA) is 139 Å². The molecule has 0 saturated carbocycles. The first-order chi connectivity index (χ1) is 17.3. The Kier molecular flexibility index (Phi) is 5.52. The summed E-state index contributed by atoms with van der Waals surface area (Å²) >= 11 is 0. The minimum absolute atomic E-state index is 0.0136. The Balaban J connectivity index is 1.73. The summed E-state index contributed by atoms with van der Waals surface area (Å²) in [5.74, 6) is -4.71. The van der Waals surface area contributed by atoms with E-state index >= 15 is 0 Å². The minimum Gasteiger partial charge on any atom is -0.496 e. The number of rotatable bonds is 6. The number of non-ortho nitro benzene ring substituents is 1. The second-order valence-corrected chi connectivity index (χ2v) is 8.64. The van der Waals surface area contributed by atoms with Gasteiger partial charge in [-0.1, -0.05) is 54.6 Å². The molecule has 0 bridgehead atoms. The van der Waals surface area contributed by atoms with Crippen LogP contribution in [-0.2, 0) is 19.9 Å². The van der Waals surface area contributed by atoms with Gasteiger partial charge in [0.2, 0.25) is 11.8 Å². The van der Waals surface area contributed by atoms with Crippen LogP contribution in [0.15, 0.2) is 78.9 Å². The van der Waals surface area contributed by atoms with Crippen molar-refractivity contribution in [1.82, 2.24) is 5.32 Å². The Morgan fingerprint density at radius 1 is 1.03 bits per heavy atom. The van der Waals surface area contributed by atoms with Crippen LogP contribution in [0.5, 0.6) is 5.75 Å². The minimum atomic E-state index is -1.93. The number of nitro groups is 1. The molecule has 4 unspecified atom stereocenters. The van der Waals surface area contributed by atoms with Gasteiger partial charge in [-0.05, 0) is 17.7 Å². The van der Waals surface area contributed by atoms with Crippen molar-refractivity contribution in [2.75, 3.05) is 12.0 Å². The van der Waals surface area contributed by atoms with Gasteiger partial charge in [-0.3, -0.25) is 25.0 Å². The fourth-order valence-electron chi connectivity index (χ4n) is 5.38. The molecule has 2 aliphatic heterocycles. The maximum Gasteiger partial charge on any atom is 0.329 e. The quantitative estimate of drug-likeness (QED) is 0.307. The summed E-state index contributed by atoms with van der Waals surface area (Å²) in [6, 6.07) is 19.4. The fraction of sp³-hybridized carbons (Fsp3) is 0.192. The molecule has 2 heterocycles. The lowest BCUT2D eigenvalue weighted by Crippen LogP contribution is -2.53. The highest BCUT2D eigenvalue weighted by Gasteiger charge is 2.69. The predicted molar refractivity (Wildman–Crippen MR) is 127 cm³/mol. The normalized spacial score (nSPS) is 25.0. The highest BCUT2D eigenvalue weighted by atomic mass is 16.6. The van der Waals surface area contributed by atoms with Crippen molar-refractivity contribution in [1.29, 1.82) is 0 Å². The Hall–Kier alpha value is -4.57. The van der Waals surface area contributed by atoms with Crippen LogP contribution < -0.4 is 15.0 Å². The van der Waals surface area contributed by atoms with Gasteiger partial charge >= 0.3 is 5.97 Å². The van der Waals surface area contributed by atoms with Crippen molar-refractivity contribution < 1.29 is 29.2 Å². The van der Waals surface area contributed by atoms with E-state index in [1.807, 2.05) is 0 Å². The van der Waals surface area contributed by atoms with Gasteiger partial charge in [0.05, 0.1) is 29.6 Å². The molecule has 10 heteroatoms. The lowest BCUT2D eigenvalue weighted by molar-refractivity contribution is -0.384. The van der Waals surface area contributed by atoms with Gasteiger partial charge in [0.15, 0.2) is 5.54 Å². The number of carbonyl (C=O) groups excluding carboxylic acids is 2. The molecule has 0 aromatic heterocycles. The monoisotopic (exact) mass is 487 g/mol. The second-order valence-electron chi connectivity index (χ2n) is 8.64. The Bertz CT molecular complexity index is 1390. The molecule has 2 fully saturated rings. The first-order valence-corrected chi connectivity index (χ1v) is 11.1. The summed E-state index contributed by atoms with van der Waals surface area (Å²) in [5.41, 5.74) is -1.38. The van der Waals surface area contributed by atoms with Crippen LogP contribution in [0.25, 0.3) is 0 Å². The molecular formula is C26H21N3O7. The fourth-order valence-corrected chi connectivity index (χ4v) is 5.38. The lowest BCUT2D eigenvalue weighted by atomic mass is 9.75. The van der Waals surface area contributed by atoms with Crippen LogP contribution in [0.3, 0.4) is 0 Å². The zero-order valence-corrected chi connectivity index (χ0v) is 19.0. The van der Waals surface area contributed by atoms with E-state index < -0.39 is 46.1 Å². The number of methoxy groups -OCH3 is 1. The Morgan fingerprint density at radius 3 is 2.39 bits per heavy atom. The number of para-hydroxylation sites is 1. The third-order valence-electron chi connectivity index (χ3n) is 6.90. The maximum atomic E-state index is 13.9. The molecule has 2 saturated heterocycles. The van der Waals surface area contributed by atoms with E-state index in [4.69, 9.17) is 4.74 Å². The van der Waals surface area contributed by atoms with Crippen molar-refractivity contribution in [3.63, 3.8) is 0 Å². The number of carboxylic acids is 1. The van der Waals surface area contributed by atoms with Gasteiger partial charge in [-0.25, -0.2) is 9.69 Å². The average molecular weight is 487 g/mol. The zero-order chi connectivity index (χ0) is 25.6. The van der Waals surface area contributed by atoms with Crippen molar-refractivity contribution >= 4 is 29.2 Å². The van der Waals surface area contributed by atoms with E-state index in [1.54, 1.807) is 54.6 Å². The van der Waals surface area contributed by atoms with Crippen LogP contribution in [0.4, 0.5) is 11.4 Å². The molecule has 10 nitrogen and oxygen atoms in total. The molecular weight excluding hydrogens is 466 g/mol. The zero-order valence-electron chi connectivity index (χ0n) is 19.0. The Morgan fingerprint density at radius 2 is 1.72 bits per heavy atom. The molecule has 3 aromatic rings. The van der Waals surface area contributed by atoms with Crippen LogP contribution in [0, 0.1) is 22.0 Å². The first-order valence-electron chi connectivity index (χ1n) is 11.1. The number of anilines is 1. The predicted octanol–water partition coefficient (Wildman–Crippen LogP) is 3.03. The number of nitrogens with one attached hydrogen (secondary N) is 1. The lowest BCUT2D eigenvalue weighted by Gasteiger charge is -2.31. The number of fused-ring (bicyclic) bond motifs is 1. The molecule has 182 valence electrons. The van der Waals surface area contributed by atoms with E-state index in [-0.39, 0.29) is 11.4 Å². The molecule has 3 aromatic carbocycles. The van der Waals surface area contributed by atoms with Crippen LogP contribution in [-0.4, -0.2) is 34.9 Å². The van der Waals surface area contributed by atoms with Crippen molar-refractivity contribution in [2.24, 2.45) is 11.8 Å². The number of carbonyl (C=O) groups is 3. The van der Waals surface area contributed by atoms with Gasteiger partial charge in [0.25, 0.3) is 5.69 Å². The maximum absolute atomic E-state index is 13.9. The number of hydrogen-bond donors (Lipinski definition) is 2. The highest BCUT2D eigenvalue weighted by molar-refractivity contribution is 6.24. The number of amides is 2. The van der Waals surface area contributed by atoms with E-state index in [0.29, 0.717) is 16.9 Å². The molecule has 36 heavy (non-hydrogen) atoms. The largest absolute Gasteiger partial charge is 0.496 e. The van der Waals surface area contributed by atoms with E-state index in [9.17, 15) is 29.6 Å². The average Bonchev–Trinajstić information content (AvgIpc) is 3.39. The summed E-state index contributed by atoms with van der Waals surface area (Å²) in [7, 11) is 1.46. The van der Waals surface area contributed by atoms with Gasteiger partial charge < -0.3 is 9.84 Å². The van der Waals surface area contributed by atoms with Crippen LogP contribution >= 0.6 is 0 Å². The SMILES string of the molecule is COc1ccccc1C1NC(C(=O)O)(c2ccccc2)C2C(=O)N(c3cccc([N+](=O)[O-])c3)C(=O)C12. The summed E-state index contributed by atoms with van der Waals surface area (Å²) in [5, 5.41) is 25.0. The van der Waals surface area contributed by atoms with Gasteiger partial charge in [-0.15, -0.1) is 0 Å². The number of imide groups is 1. The van der Waals surface area contributed by atoms with Gasteiger partial charge in [-0.2, -0.15) is 0 Å². The number of carboxylic acid groups (broad SMARTS) is 1. The molecule has 2 amide bonds. The Labute approximate surface area is 205 Å². The molecule has 2 N–H and O–H groups in total. The second kappa shape index (κ2) is 8.58. The number of benzene rings is 3. The van der Waals surface area contributed by atoms with Gasteiger partial charge in [0, 0.05) is 23.7 Å². The molecule has 4 atom stereocenters. The van der Waals surface area contributed by atoms with Crippen molar-refractivity contribution in [3.05, 3.63) is 100 Å². The summed E-state index contributed by atoms with van der Waals surface area (Å²) in [6.07, 6.45) is 0. The van der Waals surface area contributed by atoms with Crippen molar-refractivity contribution in [2.45, 2.75) is 11.6 Å². The molecule has 5 rings (SSSR count). The number of nitrogens with zero attached hydrogens (tertiary/aromatic N) is 2. The van der Waals surface area contributed by atoms with Gasteiger partial charge in [0.1, 0.15) is 5.75 Å². The molecule has 2 aliphatic rings. The molecule has 0 aliphatic carbocycles. The van der Waals surface area contributed by atoms with Crippen LogP contribution in [0.1, 0.15) is 17.2 Å². The summed E-state index contributed by atoms with van der Waals surface area (Å²) < 4.78 is 5.48. The first kappa shape index (κ1) is 23.2. The third kappa shape index (κ3) is 3.26. The smallest absolute Gasteiger partial charge is 0.329 e. The highest BCUT2D eigenvalue weighted by Crippen LogP contribution is 2.54. The molecule has 0 radical (unpaired) electrons. The number of hydrogen-bond acceptors (Lipinski definition) is 7. The van der Waals surface area contributed by atoms with Crippen LogP contribution in [0.2, 0.25) is 0 Å². The third-order valence-corrected chi connectivity index (χ3v) is 6.90. The summed E-state index contributed by atoms with van der Waals surface area (Å²) in [6.45, 7) is 0.